The molecule has 1 aromatic heterocycles. The maximum Gasteiger partial charge on any atom is 0.133 e. The first kappa shape index (κ1) is 5.10. The lowest BCUT2D eigenvalue weighted by Crippen LogP contribution is -2.05. The van der Waals surface area contributed by atoms with Gasteiger partial charge in [0.15, 0.2) is 0 Å². The predicted molar refractivity (Wildman–Crippen MR) is 42.0 cm³/mol. The standard InChI is InChI=1S/C7H9ClN2/c1-9-5-6-3-2-4-10-7(6)8/h2-4,9H,5H2,1H3/i5D2. The van der Waals surface area contributed by atoms with Crippen LogP contribution in [0.1, 0.15) is 8.30 Å². The van der Waals surface area contributed by atoms with E-state index in [2.05, 4.69) is 10.3 Å². The van der Waals surface area contributed by atoms with Gasteiger partial charge in [0, 0.05) is 21.0 Å². The van der Waals surface area contributed by atoms with E-state index in [0.29, 0.717) is 5.56 Å². The first-order chi connectivity index (χ1) is 5.58. The molecule has 0 fully saturated rings. The minimum Gasteiger partial charge on any atom is -0.316 e. The van der Waals surface area contributed by atoms with Gasteiger partial charge in [0.05, 0.1) is 0 Å². The maximum absolute atomic E-state index is 7.49. The van der Waals surface area contributed by atoms with E-state index in [9.17, 15) is 0 Å². The molecule has 0 saturated heterocycles. The van der Waals surface area contributed by atoms with Crippen LogP contribution in [0.15, 0.2) is 18.3 Å². The van der Waals surface area contributed by atoms with Gasteiger partial charge in [0.25, 0.3) is 0 Å². The second-order valence-electron chi connectivity index (χ2n) is 1.72. The third-order valence-electron chi connectivity index (χ3n) is 1.02. The van der Waals surface area contributed by atoms with Crippen LogP contribution in [0, 0.1) is 0 Å². The van der Waals surface area contributed by atoms with Crippen LogP contribution in [0.2, 0.25) is 5.15 Å². The van der Waals surface area contributed by atoms with E-state index >= 15 is 0 Å². The number of hydrogen-bond donors (Lipinski definition) is 1. The van der Waals surface area contributed by atoms with E-state index < -0.39 is 6.50 Å². The average Bonchev–Trinajstić information content (AvgIpc) is 2.05. The number of aromatic nitrogens is 1. The lowest BCUT2D eigenvalue weighted by Gasteiger charge is -1.99. The molecule has 0 unspecified atom stereocenters. The van der Waals surface area contributed by atoms with Crippen LogP contribution in [0.25, 0.3) is 0 Å². The molecule has 10 heavy (non-hydrogen) atoms. The van der Waals surface area contributed by atoms with Crippen molar-refractivity contribution < 1.29 is 2.74 Å². The molecule has 0 atom stereocenters. The topological polar surface area (TPSA) is 24.9 Å². The Morgan fingerprint density at radius 2 is 2.70 bits per heavy atom. The molecule has 1 heterocycles. The second kappa shape index (κ2) is 3.54. The van der Waals surface area contributed by atoms with E-state index in [0.717, 1.165) is 0 Å². The summed E-state index contributed by atoms with van der Waals surface area (Å²) >= 11 is 5.70. The molecule has 1 N–H and O–H groups in total. The first-order valence-electron chi connectivity index (χ1n) is 3.88. The van der Waals surface area contributed by atoms with Crippen molar-refractivity contribution in [1.29, 1.82) is 0 Å². The number of nitrogens with zero attached hydrogens (tertiary/aromatic N) is 1. The largest absolute Gasteiger partial charge is 0.316 e. The molecule has 2 nitrogen and oxygen atoms in total. The van der Waals surface area contributed by atoms with Gasteiger partial charge in [-0.1, -0.05) is 17.7 Å². The highest BCUT2D eigenvalue weighted by atomic mass is 35.5. The predicted octanol–water partition coefficient (Wildman–Crippen LogP) is 1.45. The van der Waals surface area contributed by atoms with Crippen LogP contribution in [-0.2, 0) is 6.50 Å². The molecule has 0 saturated carbocycles. The van der Waals surface area contributed by atoms with Crippen LogP contribution >= 0.6 is 11.6 Å². The van der Waals surface area contributed by atoms with Crippen molar-refractivity contribution in [3.8, 4) is 0 Å². The average molecular weight is 159 g/mol. The molecule has 0 aliphatic heterocycles. The first-order valence-corrected chi connectivity index (χ1v) is 3.25. The molecule has 0 aliphatic carbocycles. The van der Waals surface area contributed by atoms with Gasteiger partial charge in [-0.15, -0.1) is 0 Å². The Balaban J connectivity index is 3.10. The van der Waals surface area contributed by atoms with Crippen molar-refractivity contribution in [2.75, 3.05) is 7.05 Å². The van der Waals surface area contributed by atoms with Crippen LogP contribution in [0.5, 0.6) is 0 Å². The Morgan fingerprint density at radius 1 is 1.90 bits per heavy atom. The monoisotopic (exact) mass is 158 g/mol. The van der Waals surface area contributed by atoms with Gasteiger partial charge < -0.3 is 5.32 Å². The summed E-state index contributed by atoms with van der Waals surface area (Å²) < 4.78 is 15.0. The van der Waals surface area contributed by atoms with Crippen molar-refractivity contribution in [3.05, 3.63) is 29.0 Å². The molecule has 0 aromatic carbocycles. The Morgan fingerprint density at radius 3 is 3.30 bits per heavy atom. The minimum atomic E-state index is -1.62. The molecular weight excluding hydrogens is 148 g/mol. The highest BCUT2D eigenvalue weighted by Gasteiger charge is 1.95. The van der Waals surface area contributed by atoms with E-state index in [1.54, 1.807) is 12.1 Å². The highest BCUT2D eigenvalue weighted by molar-refractivity contribution is 6.30. The van der Waals surface area contributed by atoms with Crippen molar-refractivity contribution in [1.82, 2.24) is 10.3 Å². The van der Waals surface area contributed by atoms with Crippen molar-refractivity contribution >= 4 is 11.6 Å². The summed E-state index contributed by atoms with van der Waals surface area (Å²) in [5, 5.41) is 2.70. The zero-order chi connectivity index (χ0) is 9.19. The van der Waals surface area contributed by atoms with Crippen LogP contribution in [0.4, 0.5) is 0 Å². The van der Waals surface area contributed by atoms with Gasteiger partial charge in [-0.3, -0.25) is 0 Å². The molecule has 0 radical (unpaired) electrons. The fourth-order valence-corrected chi connectivity index (χ4v) is 0.781. The molecule has 1 rings (SSSR count). The van der Waals surface area contributed by atoms with Gasteiger partial charge in [-0.2, -0.15) is 0 Å². The molecule has 54 valence electrons. The minimum absolute atomic E-state index is 0.192. The van der Waals surface area contributed by atoms with E-state index in [1.807, 2.05) is 0 Å². The Bertz CT molecular complexity index is 278. The third-order valence-corrected chi connectivity index (χ3v) is 1.32. The molecule has 1 aromatic rings. The van der Waals surface area contributed by atoms with E-state index in [-0.39, 0.29) is 5.15 Å². The van der Waals surface area contributed by atoms with Crippen LogP contribution in [-0.4, -0.2) is 12.0 Å². The van der Waals surface area contributed by atoms with Gasteiger partial charge in [0.2, 0.25) is 0 Å². The Kier molecular flexibility index (Phi) is 1.81. The lowest BCUT2D eigenvalue weighted by molar-refractivity contribution is 0.813. The van der Waals surface area contributed by atoms with Gasteiger partial charge in [-0.25, -0.2) is 4.98 Å². The maximum atomic E-state index is 7.49. The fourth-order valence-electron chi connectivity index (χ4n) is 0.614. The molecule has 3 heteroatoms. The van der Waals surface area contributed by atoms with Crippen molar-refractivity contribution in [3.63, 3.8) is 0 Å². The fraction of sp³-hybridized carbons (Fsp3) is 0.286. The van der Waals surface area contributed by atoms with E-state index in [1.165, 1.54) is 13.2 Å². The Labute approximate surface area is 68.0 Å². The number of rotatable bonds is 2. The summed E-state index contributed by atoms with van der Waals surface area (Å²) in [6.07, 6.45) is 1.53. The molecule has 0 spiro atoms. The normalized spacial score (nSPS) is 14.2. The number of halogens is 1. The number of hydrogen-bond acceptors (Lipinski definition) is 2. The smallest absolute Gasteiger partial charge is 0.133 e. The molecular formula is C7H9ClN2. The van der Waals surface area contributed by atoms with Crippen molar-refractivity contribution in [2.24, 2.45) is 0 Å². The summed E-state index contributed by atoms with van der Waals surface area (Å²) in [6.45, 7) is -1.62. The zero-order valence-electron chi connectivity index (χ0n) is 7.56. The van der Waals surface area contributed by atoms with Gasteiger partial charge in [0.1, 0.15) is 5.15 Å². The summed E-state index contributed by atoms with van der Waals surface area (Å²) in [6, 6.07) is 3.25. The number of pyridine rings is 1. The quantitative estimate of drug-likeness (QED) is 0.660. The Hall–Kier alpha value is -0.600. The molecule has 0 amide bonds. The molecule has 0 bridgehead atoms. The summed E-state index contributed by atoms with van der Waals surface area (Å²) in [4.78, 5) is 3.78. The van der Waals surface area contributed by atoms with Crippen LogP contribution in [0.3, 0.4) is 0 Å². The lowest BCUT2D eigenvalue weighted by atomic mass is 10.3. The highest BCUT2D eigenvalue weighted by Crippen LogP contribution is 2.09. The zero-order valence-corrected chi connectivity index (χ0v) is 6.31. The van der Waals surface area contributed by atoms with Crippen LogP contribution < -0.4 is 5.32 Å². The van der Waals surface area contributed by atoms with Crippen molar-refractivity contribution in [2.45, 2.75) is 6.50 Å². The second-order valence-corrected chi connectivity index (χ2v) is 2.07. The SMILES string of the molecule is [2H]C([2H])(NC)c1cccnc1Cl. The summed E-state index contributed by atoms with van der Waals surface area (Å²) in [5.41, 5.74) is 0.356. The molecule has 0 aliphatic rings. The third kappa shape index (κ3) is 1.69. The summed E-state index contributed by atoms with van der Waals surface area (Å²) in [7, 11) is 1.53. The van der Waals surface area contributed by atoms with Gasteiger partial charge >= 0.3 is 0 Å². The van der Waals surface area contributed by atoms with E-state index in [4.69, 9.17) is 14.3 Å². The number of nitrogens with one attached hydrogen (secondary N) is 1. The summed E-state index contributed by atoms with van der Waals surface area (Å²) in [5.74, 6) is 0. The van der Waals surface area contributed by atoms with Gasteiger partial charge in [-0.05, 0) is 13.1 Å².